The molecular weight excluding hydrogens is 262 g/mol. The summed E-state index contributed by atoms with van der Waals surface area (Å²) in [5.74, 6) is 1.08. The second-order valence-corrected chi connectivity index (χ2v) is 4.69. The first kappa shape index (κ1) is 13.7. The predicted molar refractivity (Wildman–Crippen MR) is 77.3 cm³/mol. The van der Waals surface area contributed by atoms with Gasteiger partial charge in [0.15, 0.2) is 5.82 Å². The molecule has 5 nitrogen and oxygen atoms in total. The summed E-state index contributed by atoms with van der Waals surface area (Å²) in [4.78, 5) is 14.7. The Hall–Kier alpha value is -1.72. The van der Waals surface area contributed by atoms with Crippen LogP contribution in [0, 0.1) is 0 Å². The van der Waals surface area contributed by atoms with Crippen LogP contribution >= 0.6 is 11.6 Å². The highest BCUT2D eigenvalue weighted by atomic mass is 35.5. The molecule has 1 heterocycles. The lowest BCUT2D eigenvalue weighted by Crippen LogP contribution is -2.21. The van der Waals surface area contributed by atoms with Crippen LogP contribution in [0.25, 0.3) is 11.4 Å². The number of hydrogen-bond donors (Lipinski definition) is 1. The van der Waals surface area contributed by atoms with E-state index in [0.29, 0.717) is 11.8 Å². The van der Waals surface area contributed by atoms with Gasteiger partial charge in [-0.2, -0.15) is 15.0 Å². The van der Waals surface area contributed by atoms with Gasteiger partial charge in [-0.25, -0.2) is 0 Å². The SMILES string of the molecule is CN(C)CCNc1nc(Cl)nc(-c2ccccc2)n1. The Kier molecular flexibility index (Phi) is 4.65. The fourth-order valence-electron chi connectivity index (χ4n) is 1.54. The standard InChI is InChI=1S/C13H16ClN5/c1-19(2)9-8-15-13-17-11(16-12(14)18-13)10-6-4-3-5-7-10/h3-7H,8-9H2,1-2H3,(H,15,16,17,18). The molecule has 1 N–H and O–H groups in total. The maximum Gasteiger partial charge on any atom is 0.227 e. The van der Waals surface area contributed by atoms with Crippen LogP contribution < -0.4 is 5.32 Å². The minimum atomic E-state index is 0.196. The third kappa shape index (κ3) is 4.15. The van der Waals surface area contributed by atoms with Crippen LogP contribution in [0.2, 0.25) is 5.28 Å². The summed E-state index contributed by atoms with van der Waals surface area (Å²) < 4.78 is 0. The lowest BCUT2D eigenvalue weighted by atomic mass is 10.2. The summed E-state index contributed by atoms with van der Waals surface area (Å²) in [7, 11) is 4.02. The van der Waals surface area contributed by atoms with E-state index in [1.54, 1.807) is 0 Å². The van der Waals surface area contributed by atoms with Crippen LogP contribution in [0.5, 0.6) is 0 Å². The van der Waals surface area contributed by atoms with Gasteiger partial charge in [0, 0.05) is 18.7 Å². The lowest BCUT2D eigenvalue weighted by Gasteiger charge is -2.10. The number of anilines is 1. The van der Waals surface area contributed by atoms with Crippen molar-refractivity contribution in [3.63, 3.8) is 0 Å². The molecule has 0 spiro atoms. The molecule has 2 rings (SSSR count). The van der Waals surface area contributed by atoms with E-state index < -0.39 is 0 Å². The Morgan fingerprint density at radius 1 is 1.11 bits per heavy atom. The number of likely N-dealkylation sites (N-methyl/N-ethyl adjacent to an activating group) is 1. The van der Waals surface area contributed by atoms with Crippen LogP contribution in [0.1, 0.15) is 0 Å². The fourth-order valence-corrected chi connectivity index (χ4v) is 1.70. The van der Waals surface area contributed by atoms with Crippen molar-refractivity contribution in [2.75, 3.05) is 32.5 Å². The quantitative estimate of drug-likeness (QED) is 0.908. The molecule has 1 aromatic heterocycles. The summed E-state index contributed by atoms with van der Waals surface area (Å²) in [6.45, 7) is 1.64. The van der Waals surface area contributed by atoms with Crippen LogP contribution in [0.15, 0.2) is 30.3 Å². The Morgan fingerprint density at radius 3 is 2.53 bits per heavy atom. The van der Waals surface area contributed by atoms with E-state index in [-0.39, 0.29) is 5.28 Å². The molecule has 0 amide bonds. The van der Waals surface area contributed by atoms with Crippen LogP contribution in [0.4, 0.5) is 5.95 Å². The molecule has 0 aliphatic carbocycles. The molecule has 1 aromatic carbocycles. The summed E-state index contributed by atoms with van der Waals surface area (Å²) in [5.41, 5.74) is 0.919. The van der Waals surface area contributed by atoms with Gasteiger partial charge in [-0.3, -0.25) is 0 Å². The Labute approximate surface area is 117 Å². The number of hydrogen-bond acceptors (Lipinski definition) is 5. The van der Waals surface area contributed by atoms with E-state index in [9.17, 15) is 0 Å². The zero-order chi connectivity index (χ0) is 13.7. The minimum absolute atomic E-state index is 0.196. The first-order valence-corrected chi connectivity index (χ1v) is 6.38. The number of benzene rings is 1. The maximum absolute atomic E-state index is 5.93. The van der Waals surface area contributed by atoms with Crippen LogP contribution in [-0.2, 0) is 0 Å². The highest BCUT2D eigenvalue weighted by Gasteiger charge is 2.06. The van der Waals surface area contributed by atoms with Gasteiger partial charge < -0.3 is 10.2 Å². The number of rotatable bonds is 5. The van der Waals surface area contributed by atoms with Gasteiger partial charge in [0.05, 0.1) is 0 Å². The van der Waals surface area contributed by atoms with E-state index in [1.807, 2.05) is 44.4 Å². The molecule has 0 unspecified atom stereocenters. The van der Waals surface area contributed by atoms with Gasteiger partial charge in [-0.05, 0) is 25.7 Å². The second-order valence-electron chi connectivity index (χ2n) is 4.35. The van der Waals surface area contributed by atoms with Gasteiger partial charge in [-0.15, -0.1) is 0 Å². The summed E-state index contributed by atoms with van der Waals surface area (Å²) >= 11 is 5.93. The number of aromatic nitrogens is 3. The summed E-state index contributed by atoms with van der Waals surface area (Å²) in [6, 6.07) is 9.70. The molecule has 6 heteroatoms. The summed E-state index contributed by atoms with van der Waals surface area (Å²) in [5, 5.41) is 3.33. The largest absolute Gasteiger partial charge is 0.353 e. The zero-order valence-electron chi connectivity index (χ0n) is 11.0. The predicted octanol–water partition coefficient (Wildman–Crippen LogP) is 2.17. The molecule has 0 atom stereocenters. The highest BCUT2D eigenvalue weighted by molar-refractivity contribution is 6.28. The molecule has 0 fully saturated rings. The number of nitrogens with zero attached hydrogens (tertiary/aromatic N) is 4. The molecule has 2 aromatic rings. The topological polar surface area (TPSA) is 53.9 Å². The van der Waals surface area contributed by atoms with Crippen molar-refractivity contribution >= 4 is 17.5 Å². The molecule has 0 saturated carbocycles. The first-order valence-electron chi connectivity index (χ1n) is 6.01. The van der Waals surface area contributed by atoms with E-state index in [1.165, 1.54) is 0 Å². The van der Waals surface area contributed by atoms with Gasteiger partial charge >= 0.3 is 0 Å². The third-order valence-corrected chi connectivity index (χ3v) is 2.65. The van der Waals surface area contributed by atoms with Crippen molar-refractivity contribution in [3.8, 4) is 11.4 Å². The maximum atomic E-state index is 5.93. The molecule has 19 heavy (non-hydrogen) atoms. The zero-order valence-corrected chi connectivity index (χ0v) is 11.7. The molecule has 0 radical (unpaired) electrons. The molecule has 0 saturated heterocycles. The van der Waals surface area contributed by atoms with Crippen LogP contribution in [0.3, 0.4) is 0 Å². The van der Waals surface area contributed by atoms with Crippen molar-refractivity contribution in [2.24, 2.45) is 0 Å². The monoisotopic (exact) mass is 277 g/mol. The average molecular weight is 278 g/mol. The van der Waals surface area contributed by atoms with Gasteiger partial charge in [0.2, 0.25) is 11.2 Å². The molecule has 0 aliphatic rings. The van der Waals surface area contributed by atoms with Crippen molar-refractivity contribution in [1.82, 2.24) is 19.9 Å². The van der Waals surface area contributed by atoms with Gasteiger partial charge in [-0.1, -0.05) is 30.3 Å². The smallest absolute Gasteiger partial charge is 0.227 e. The lowest BCUT2D eigenvalue weighted by molar-refractivity contribution is 0.425. The van der Waals surface area contributed by atoms with Crippen molar-refractivity contribution in [3.05, 3.63) is 35.6 Å². The molecular formula is C13H16ClN5. The minimum Gasteiger partial charge on any atom is -0.353 e. The van der Waals surface area contributed by atoms with E-state index in [2.05, 4.69) is 25.2 Å². The first-order chi connectivity index (χ1) is 9.15. The number of halogens is 1. The molecule has 0 bridgehead atoms. The number of nitrogens with one attached hydrogen (secondary N) is 1. The second kappa shape index (κ2) is 6.45. The normalized spacial score (nSPS) is 10.7. The molecule has 0 aliphatic heterocycles. The van der Waals surface area contributed by atoms with Gasteiger partial charge in [0.1, 0.15) is 0 Å². The Balaban J connectivity index is 2.16. The van der Waals surface area contributed by atoms with Crippen molar-refractivity contribution in [2.45, 2.75) is 0 Å². The highest BCUT2D eigenvalue weighted by Crippen LogP contribution is 2.17. The van der Waals surface area contributed by atoms with Crippen molar-refractivity contribution in [1.29, 1.82) is 0 Å². The fraction of sp³-hybridized carbons (Fsp3) is 0.308. The summed E-state index contributed by atoms with van der Waals surface area (Å²) in [6.07, 6.45) is 0. The third-order valence-electron chi connectivity index (χ3n) is 2.48. The molecule has 100 valence electrons. The average Bonchev–Trinajstić information content (AvgIpc) is 2.39. The van der Waals surface area contributed by atoms with E-state index in [4.69, 9.17) is 11.6 Å². The Morgan fingerprint density at radius 2 is 1.84 bits per heavy atom. The van der Waals surface area contributed by atoms with Gasteiger partial charge in [0.25, 0.3) is 0 Å². The van der Waals surface area contributed by atoms with Crippen LogP contribution in [-0.4, -0.2) is 47.0 Å². The Bertz CT molecular complexity index is 530. The van der Waals surface area contributed by atoms with E-state index in [0.717, 1.165) is 18.7 Å². The van der Waals surface area contributed by atoms with Crippen molar-refractivity contribution < 1.29 is 0 Å². The van der Waals surface area contributed by atoms with E-state index >= 15 is 0 Å².